The highest BCUT2D eigenvalue weighted by molar-refractivity contribution is 7.98. The van der Waals surface area contributed by atoms with Crippen LogP contribution in [0.15, 0.2) is 46.6 Å². The predicted octanol–water partition coefficient (Wildman–Crippen LogP) is 3.82. The lowest BCUT2D eigenvalue weighted by molar-refractivity contribution is -0.137. The van der Waals surface area contributed by atoms with E-state index in [1.807, 2.05) is 6.26 Å². The van der Waals surface area contributed by atoms with Crippen LogP contribution in [0.25, 0.3) is 22.4 Å². The first-order valence-corrected chi connectivity index (χ1v) is 9.08. The third kappa shape index (κ3) is 2.94. The van der Waals surface area contributed by atoms with Crippen molar-refractivity contribution >= 4 is 40.0 Å². The van der Waals surface area contributed by atoms with E-state index in [4.69, 9.17) is 11.6 Å². The van der Waals surface area contributed by atoms with Crippen LogP contribution in [0.5, 0.6) is 0 Å². The van der Waals surface area contributed by atoms with Crippen LogP contribution >= 0.6 is 23.4 Å². The average molecular weight is 412 g/mol. The highest BCUT2D eigenvalue weighted by atomic mass is 35.5. The van der Waals surface area contributed by atoms with Crippen molar-refractivity contribution in [2.24, 2.45) is 0 Å². The summed E-state index contributed by atoms with van der Waals surface area (Å²) < 4.78 is 41.8. The van der Waals surface area contributed by atoms with Crippen LogP contribution < -0.4 is 5.56 Å². The summed E-state index contributed by atoms with van der Waals surface area (Å²) in [5.74, 6) is 0.329. The van der Waals surface area contributed by atoms with Crippen LogP contribution in [-0.4, -0.2) is 30.4 Å². The fourth-order valence-electron chi connectivity index (χ4n) is 2.67. The molecule has 0 saturated heterocycles. The van der Waals surface area contributed by atoms with Gasteiger partial charge in [-0.05, 0) is 30.5 Å². The third-order valence-electron chi connectivity index (χ3n) is 3.93. The Bertz CT molecular complexity index is 1250. The van der Waals surface area contributed by atoms with Gasteiger partial charge in [-0.15, -0.1) is 5.10 Å². The second-order valence-corrected chi connectivity index (χ2v) is 6.70. The van der Waals surface area contributed by atoms with Gasteiger partial charge in [0, 0.05) is 18.1 Å². The van der Waals surface area contributed by atoms with E-state index in [9.17, 15) is 18.0 Å². The number of pyridine rings is 1. The number of aromatic nitrogens is 5. The smallest absolute Gasteiger partial charge is 0.284 e. The minimum absolute atomic E-state index is 0.0436. The molecule has 0 bridgehead atoms. The maximum atomic E-state index is 13.1. The Kier molecular flexibility index (Phi) is 4.11. The Morgan fingerprint density at radius 1 is 1.22 bits per heavy atom. The standard InChI is InChI=1S/C16H9ClF3N5OS/c1-27-15-22-14-21-7-9-12(25(14)23-15)4-5-24(13(9)26)8-2-3-11(17)10(6-8)16(18,19)20/h2-7H,1H3. The van der Waals surface area contributed by atoms with E-state index in [-0.39, 0.29) is 11.1 Å². The zero-order valence-electron chi connectivity index (χ0n) is 13.5. The number of rotatable bonds is 2. The van der Waals surface area contributed by atoms with E-state index in [0.717, 1.165) is 16.7 Å². The molecule has 1 aromatic carbocycles. The zero-order valence-corrected chi connectivity index (χ0v) is 15.1. The molecule has 0 spiro atoms. The van der Waals surface area contributed by atoms with Crippen molar-refractivity contribution in [3.8, 4) is 5.69 Å². The highest BCUT2D eigenvalue weighted by Crippen LogP contribution is 2.35. The highest BCUT2D eigenvalue weighted by Gasteiger charge is 2.33. The molecule has 0 atom stereocenters. The average Bonchev–Trinajstić information content (AvgIpc) is 3.05. The summed E-state index contributed by atoms with van der Waals surface area (Å²) >= 11 is 6.97. The normalized spacial score (nSPS) is 12.2. The van der Waals surface area contributed by atoms with Crippen LogP contribution in [0.3, 0.4) is 0 Å². The molecule has 27 heavy (non-hydrogen) atoms. The monoisotopic (exact) mass is 411 g/mol. The molecule has 0 N–H and O–H groups in total. The summed E-state index contributed by atoms with van der Waals surface area (Å²) in [5, 5.41) is 4.51. The molecule has 0 amide bonds. The van der Waals surface area contributed by atoms with Crippen LogP contribution in [0.1, 0.15) is 5.56 Å². The third-order valence-corrected chi connectivity index (χ3v) is 4.80. The van der Waals surface area contributed by atoms with Gasteiger partial charge in [0.15, 0.2) is 0 Å². The number of hydrogen-bond donors (Lipinski definition) is 0. The van der Waals surface area contributed by atoms with Crippen LogP contribution in [0.4, 0.5) is 13.2 Å². The van der Waals surface area contributed by atoms with Gasteiger partial charge in [-0.2, -0.15) is 22.7 Å². The Morgan fingerprint density at radius 2 is 2.00 bits per heavy atom. The van der Waals surface area contributed by atoms with Crippen LogP contribution in [-0.2, 0) is 6.18 Å². The van der Waals surface area contributed by atoms with Crippen molar-refractivity contribution in [2.75, 3.05) is 6.26 Å². The largest absolute Gasteiger partial charge is 0.417 e. The summed E-state index contributed by atoms with van der Waals surface area (Å²) in [7, 11) is 0. The number of nitrogens with zero attached hydrogens (tertiary/aromatic N) is 5. The first-order chi connectivity index (χ1) is 12.8. The van der Waals surface area contributed by atoms with Gasteiger partial charge in [-0.1, -0.05) is 23.4 Å². The molecular weight excluding hydrogens is 403 g/mol. The minimum atomic E-state index is -4.63. The van der Waals surface area contributed by atoms with Gasteiger partial charge in [-0.25, -0.2) is 4.98 Å². The first-order valence-electron chi connectivity index (χ1n) is 7.48. The molecule has 0 aliphatic heterocycles. The maximum absolute atomic E-state index is 13.1. The quantitative estimate of drug-likeness (QED) is 0.469. The molecule has 3 heterocycles. The lowest BCUT2D eigenvalue weighted by atomic mass is 10.2. The Labute approximate surface area is 158 Å². The van der Waals surface area contributed by atoms with E-state index in [1.165, 1.54) is 34.7 Å². The van der Waals surface area contributed by atoms with Crippen LogP contribution in [0, 0.1) is 0 Å². The Morgan fingerprint density at radius 3 is 2.70 bits per heavy atom. The fourth-order valence-corrected chi connectivity index (χ4v) is 3.23. The van der Waals surface area contributed by atoms with Gasteiger partial charge in [0.25, 0.3) is 11.3 Å². The van der Waals surface area contributed by atoms with E-state index < -0.39 is 22.3 Å². The van der Waals surface area contributed by atoms with Gasteiger partial charge < -0.3 is 0 Å². The molecule has 0 unspecified atom stereocenters. The number of halogens is 4. The van der Waals surface area contributed by atoms with Crippen LogP contribution in [0.2, 0.25) is 5.02 Å². The summed E-state index contributed by atoms with van der Waals surface area (Å²) in [6.45, 7) is 0. The summed E-state index contributed by atoms with van der Waals surface area (Å²) in [6.07, 6.45) is -0.101. The van der Waals surface area contributed by atoms with E-state index in [0.29, 0.717) is 16.5 Å². The van der Waals surface area contributed by atoms with E-state index >= 15 is 0 Å². The number of alkyl halides is 3. The van der Waals surface area contributed by atoms with Crippen molar-refractivity contribution in [1.29, 1.82) is 0 Å². The lowest BCUT2D eigenvalue weighted by Crippen LogP contribution is -2.19. The molecule has 0 saturated carbocycles. The van der Waals surface area contributed by atoms with Crippen molar-refractivity contribution in [2.45, 2.75) is 11.3 Å². The van der Waals surface area contributed by atoms with Crippen molar-refractivity contribution in [3.05, 3.63) is 57.6 Å². The number of thioether (sulfide) groups is 1. The molecular formula is C16H9ClF3N5OS. The molecule has 11 heteroatoms. The first kappa shape index (κ1) is 17.8. The second-order valence-electron chi connectivity index (χ2n) is 5.52. The van der Waals surface area contributed by atoms with E-state index in [2.05, 4.69) is 15.1 Å². The molecule has 6 nitrogen and oxygen atoms in total. The predicted molar refractivity (Wildman–Crippen MR) is 95.7 cm³/mol. The molecule has 138 valence electrons. The lowest BCUT2D eigenvalue weighted by Gasteiger charge is -2.13. The summed E-state index contributed by atoms with van der Waals surface area (Å²) in [5.41, 5.74) is -1.04. The second kappa shape index (κ2) is 6.24. The summed E-state index contributed by atoms with van der Waals surface area (Å²) in [6, 6.07) is 4.87. The number of hydrogen-bond acceptors (Lipinski definition) is 5. The van der Waals surface area contributed by atoms with Gasteiger partial charge in [0.05, 0.1) is 21.5 Å². The number of benzene rings is 1. The van der Waals surface area contributed by atoms with Gasteiger partial charge in [-0.3, -0.25) is 9.36 Å². The Hall–Kier alpha value is -2.59. The SMILES string of the molecule is CSc1nc2ncc3c(=O)n(-c4ccc(Cl)c(C(F)(F)F)c4)ccc3n2n1. The van der Waals surface area contributed by atoms with Crippen molar-refractivity contribution in [1.82, 2.24) is 24.1 Å². The Balaban J connectivity index is 1.95. The minimum Gasteiger partial charge on any atom is -0.284 e. The zero-order chi connectivity index (χ0) is 19.3. The molecule has 0 aliphatic rings. The number of fused-ring (bicyclic) bond motifs is 3. The molecule has 4 aromatic rings. The van der Waals surface area contributed by atoms with Crippen molar-refractivity contribution < 1.29 is 13.2 Å². The maximum Gasteiger partial charge on any atom is 0.417 e. The molecule has 3 aromatic heterocycles. The topological polar surface area (TPSA) is 65.1 Å². The molecule has 0 aliphatic carbocycles. The van der Waals surface area contributed by atoms with E-state index in [1.54, 1.807) is 6.07 Å². The van der Waals surface area contributed by atoms with Crippen molar-refractivity contribution in [3.63, 3.8) is 0 Å². The van der Waals surface area contributed by atoms with Gasteiger partial charge in [0.1, 0.15) is 0 Å². The molecule has 4 rings (SSSR count). The fraction of sp³-hybridized carbons (Fsp3) is 0.125. The molecule has 0 radical (unpaired) electrons. The van der Waals surface area contributed by atoms with Gasteiger partial charge in [0.2, 0.25) is 5.16 Å². The molecule has 0 fully saturated rings. The van der Waals surface area contributed by atoms with Gasteiger partial charge >= 0.3 is 6.18 Å². The summed E-state index contributed by atoms with van der Waals surface area (Å²) in [4.78, 5) is 21.1.